The van der Waals surface area contributed by atoms with Crippen LogP contribution >= 0.6 is 23.6 Å². The highest BCUT2D eigenvalue weighted by atomic mass is 32.1. The molecule has 0 unspecified atom stereocenters. The molecule has 0 aliphatic carbocycles. The normalized spacial score (nSPS) is 10.9. The standard InChI is InChI=1S/C15H14N2OS2/c1-9-3-5-11(6-4-9)7-8-12(18)13-10(2)17-15(20-13)14(16)19/h3-8H,1-2H3,(H2,16,19)/b8-7+. The van der Waals surface area contributed by atoms with E-state index >= 15 is 0 Å². The first-order valence-electron chi connectivity index (χ1n) is 6.03. The number of thiazole rings is 1. The van der Waals surface area contributed by atoms with Gasteiger partial charge in [0.2, 0.25) is 0 Å². The number of hydrogen-bond donors (Lipinski definition) is 1. The highest BCUT2D eigenvalue weighted by Crippen LogP contribution is 2.19. The summed E-state index contributed by atoms with van der Waals surface area (Å²) in [4.78, 5) is 17.1. The van der Waals surface area contributed by atoms with E-state index in [2.05, 4.69) is 4.98 Å². The summed E-state index contributed by atoms with van der Waals surface area (Å²) in [6.45, 7) is 3.81. The van der Waals surface area contributed by atoms with Gasteiger partial charge in [-0.05, 0) is 25.5 Å². The molecular weight excluding hydrogens is 288 g/mol. The highest BCUT2D eigenvalue weighted by Gasteiger charge is 2.14. The molecule has 0 atom stereocenters. The predicted octanol–water partition coefficient (Wildman–Crippen LogP) is 3.29. The van der Waals surface area contributed by atoms with Gasteiger partial charge in [-0.3, -0.25) is 4.79 Å². The number of hydrogen-bond acceptors (Lipinski definition) is 4. The summed E-state index contributed by atoms with van der Waals surface area (Å²) in [5.74, 6) is -0.0805. The van der Waals surface area contributed by atoms with E-state index in [0.29, 0.717) is 15.6 Å². The fraction of sp³-hybridized carbons (Fsp3) is 0.133. The van der Waals surface area contributed by atoms with Crippen molar-refractivity contribution in [2.45, 2.75) is 13.8 Å². The second-order valence-electron chi connectivity index (χ2n) is 4.41. The molecule has 102 valence electrons. The number of carbonyl (C=O) groups excluding carboxylic acids is 1. The van der Waals surface area contributed by atoms with Crippen LogP contribution in [0.15, 0.2) is 30.3 Å². The molecule has 2 rings (SSSR count). The van der Waals surface area contributed by atoms with Crippen LogP contribution in [0.3, 0.4) is 0 Å². The molecule has 1 aromatic heterocycles. The molecule has 0 fully saturated rings. The SMILES string of the molecule is Cc1ccc(/C=C/C(=O)c2sc(C(N)=S)nc2C)cc1. The number of ketones is 1. The smallest absolute Gasteiger partial charge is 0.197 e. The molecule has 0 radical (unpaired) electrons. The van der Waals surface area contributed by atoms with Crippen LogP contribution in [0.1, 0.15) is 31.5 Å². The zero-order valence-corrected chi connectivity index (χ0v) is 12.8. The molecule has 0 amide bonds. The zero-order valence-electron chi connectivity index (χ0n) is 11.2. The molecule has 0 aliphatic heterocycles. The van der Waals surface area contributed by atoms with E-state index < -0.39 is 0 Å². The molecule has 20 heavy (non-hydrogen) atoms. The van der Waals surface area contributed by atoms with Gasteiger partial charge < -0.3 is 5.73 Å². The van der Waals surface area contributed by atoms with E-state index in [4.69, 9.17) is 18.0 Å². The van der Waals surface area contributed by atoms with E-state index in [1.165, 1.54) is 16.9 Å². The van der Waals surface area contributed by atoms with Crippen molar-refractivity contribution >= 4 is 40.4 Å². The van der Waals surface area contributed by atoms with Crippen molar-refractivity contribution in [1.29, 1.82) is 0 Å². The average Bonchev–Trinajstić information content (AvgIpc) is 2.80. The van der Waals surface area contributed by atoms with Crippen molar-refractivity contribution in [2.24, 2.45) is 5.73 Å². The Kier molecular flexibility index (Phi) is 4.42. The van der Waals surface area contributed by atoms with Crippen LogP contribution in [0.5, 0.6) is 0 Å². The van der Waals surface area contributed by atoms with Gasteiger partial charge in [-0.2, -0.15) is 0 Å². The number of aryl methyl sites for hydroxylation is 2. The summed E-state index contributed by atoms with van der Waals surface area (Å²) >= 11 is 6.11. The van der Waals surface area contributed by atoms with Crippen molar-refractivity contribution in [1.82, 2.24) is 4.98 Å². The monoisotopic (exact) mass is 302 g/mol. The Morgan fingerprint density at radius 3 is 2.50 bits per heavy atom. The Bertz CT molecular complexity index is 684. The molecule has 0 aliphatic rings. The molecule has 1 aromatic carbocycles. The number of carbonyl (C=O) groups is 1. The van der Waals surface area contributed by atoms with Crippen LogP contribution in [0.2, 0.25) is 0 Å². The lowest BCUT2D eigenvalue weighted by molar-refractivity contribution is 0.105. The predicted molar refractivity (Wildman–Crippen MR) is 87.3 cm³/mol. The number of allylic oxidation sites excluding steroid dienone is 1. The first-order chi connectivity index (χ1) is 9.47. The van der Waals surface area contributed by atoms with Gasteiger partial charge in [-0.25, -0.2) is 4.98 Å². The quantitative estimate of drug-likeness (QED) is 0.535. The number of nitrogens with zero attached hydrogens (tertiary/aromatic N) is 1. The molecular formula is C15H14N2OS2. The third-order valence-corrected chi connectivity index (χ3v) is 4.26. The minimum absolute atomic E-state index is 0.0805. The maximum Gasteiger partial charge on any atom is 0.197 e. The van der Waals surface area contributed by atoms with Crippen LogP contribution in [-0.4, -0.2) is 15.8 Å². The Balaban J connectivity index is 2.19. The number of thiocarbonyl (C=S) groups is 1. The first-order valence-corrected chi connectivity index (χ1v) is 7.26. The second kappa shape index (κ2) is 6.07. The third kappa shape index (κ3) is 3.37. The molecule has 0 saturated carbocycles. The van der Waals surface area contributed by atoms with Crippen LogP contribution in [-0.2, 0) is 0 Å². The third-order valence-electron chi connectivity index (χ3n) is 2.74. The van der Waals surface area contributed by atoms with Crippen molar-refractivity contribution in [2.75, 3.05) is 0 Å². The lowest BCUT2D eigenvalue weighted by atomic mass is 10.1. The zero-order chi connectivity index (χ0) is 14.7. The van der Waals surface area contributed by atoms with Crippen molar-refractivity contribution in [3.8, 4) is 0 Å². The molecule has 3 nitrogen and oxygen atoms in total. The van der Waals surface area contributed by atoms with Gasteiger partial charge in [0.05, 0.1) is 10.6 Å². The van der Waals surface area contributed by atoms with E-state index in [1.54, 1.807) is 19.1 Å². The van der Waals surface area contributed by atoms with E-state index in [1.807, 2.05) is 31.2 Å². The lowest BCUT2D eigenvalue weighted by Gasteiger charge is -1.95. The Morgan fingerprint density at radius 1 is 1.30 bits per heavy atom. The van der Waals surface area contributed by atoms with Crippen molar-refractivity contribution in [3.05, 3.63) is 57.0 Å². The van der Waals surface area contributed by atoms with Gasteiger partial charge in [-0.1, -0.05) is 48.1 Å². The molecule has 0 saturated heterocycles. The molecule has 2 N–H and O–H groups in total. The molecule has 1 heterocycles. The van der Waals surface area contributed by atoms with Crippen LogP contribution in [0.25, 0.3) is 6.08 Å². The van der Waals surface area contributed by atoms with Crippen LogP contribution in [0, 0.1) is 13.8 Å². The number of benzene rings is 1. The summed E-state index contributed by atoms with van der Waals surface area (Å²) in [5.41, 5.74) is 8.36. The molecule has 0 bridgehead atoms. The van der Waals surface area contributed by atoms with Gasteiger partial charge in [0.1, 0.15) is 4.99 Å². The largest absolute Gasteiger partial charge is 0.387 e. The summed E-state index contributed by atoms with van der Waals surface area (Å²) in [6.07, 6.45) is 3.34. The van der Waals surface area contributed by atoms with E-state index in [-0.39, 0.29) is 10.8 Å². The maximum atomic E-state index is 12.1. The maximum absolute atomic E-state index is 12.1. The Hall–Kier alpha value is -1.85. The highest BCUT2D eigenvalue weighted by molar-refractivity contribution is 7.81. The van der Waals surface area contributed by atoms with Crippen LogP contribution in [0.4, 0.5) is 0 Å². The van der Waals surface area contributed by atoms with Gasteiger partial charge in [0.15, 0.2) is 10.8 Å². The first kappa shape index (κ1) is 14.6. The molecule has 2 aromatic rings. The summed E-state index contributed by atoms with van der Waals surface area (Å²) in [5, 5.41) is 0.532. The number of nitrogens with two attached hydrogens (primary N) is 1. The fourth-order valence-corrected chi connectivity index (χ4v) is 2.66. The minimum Gasteiger partial charge on any atom is -0.387 e. The van der Waals surface area contributed by atoms with E-state index in [0.717, 1.165) is 5.56 Å². The second-order valence-corrected chi connectivity index (χ2v) is 5.84. The average molecular weight is 302 g/mol. The van der Waals surface area contributed by atoms with Crippen molar-refractivity contribution < 1.29 is 4.79 Å². The Labute approximate surface area is 127 Å². The van der Waals surface area contributed by atoms with Gasteiger partial charge >= 0.3 is 0 Å². The Morgan fingerprint density at radius 2 is 1.95 bits per heavy atom. The lowest BCUT2D eigenvalue weighted by Crippen LogP contribution is -2.08. The number of rotatable bonds is 4. The van der Waals surface area contributed by atoms with Crippen molar-refractivity contribution in [3.63, 3.8) is 0 Å². The molecule has 5 heteroatoms. The summed E-state index contributed by atoms with van der Waals surface area (Å²) < 4.78 is 0. The fourth-order valence-electron chi connectivity index (χ4n) is 1.66. The van der Waals surface area contributed by atoms with E-state index in [9.17, 15) is 4.79 Å². The molecule has 0 spiro atoms. The summed E-state index contributed by atoms with van der Waals surface area (Å²) in [7, 11) is 0. The summed E-state index contributed by atoms with van der Waals surface area (Å²) in [6, 6.07) is 7.96. The van der Waals surface area contributed by atoms with Gasteiger partial charge in [0, 0.05) is 0 Å². The minimum atomic E-state index is -0.0805. The number of aromatic nitrogens is 1. The van der Waals surface area contributed by atoms with Crippen LogP contribution < -0.4 is 5.73 Å². The van der Waals surface area contributed by atoms with Gasteiger partial charge in [0.25, 0.3) is 0 Å². The topological polar surface area (TPSA) is 56.0 Å². The van der Waals surface area contributed by atoms with Gasteiger partial charge in [-0.15, -0.1) is 11.3 Å².